The van der Waals surface area contributed by atoms with Gasteiger partial charge in [0.25, 0.3) is 0 Å². The van der Waals surface area contributed by atoms with E-state index in [1.165, 1.54) is 0 Å². The van der Waals surface area contributed by atoms with E-state index in [0.29, 0.717) is 31.2 Å². The third-order valence-corrected chi connectivity index (χ3v) is 5.51. The third-order valence-electron chi connectivity index (χ3n) is 3.71. The summed E-state index contributed by atoms with van der Waals surface area (Å²) >= 11 is 5.95. The summed E-state index contributed by atoms with van der Waals surface area (Å²) in [7, 11) is -3.22. The van der Waals surface area contributed by atoms with Gasteiger partial charge in [0.1, 0.15) is 0 Å². The van der Waals surface area contributed by atoms with E-state index < -0.39 is 10.0 Å². The maximum absolute atomic E-state index is 11.9. The molecule has 1 aromatic carbocycles. The summed E-state index contributed by atoms with van der Waals surface area (Å²) in [5.41, 5.74) is 1.06. The number of hydrogen-bond acceptors (Lipinski definition) is 4. The lowest BCUT2D eigenvalue weighted by molar-refractivity contribution is 0.0172. The van der Waals surface area contributed by atoms with Gasteiger partial charge in [-0.3, -0.25) is 4.90 Å². The van der Waals surface area contributed by atoms with Crippen LogP contribution in [0.4, 0.5) is 0 Å². The first-order chi connectivity index (χ1) is 10.5. The van der Waals surface area contributed by atoms with Gasteiger partial charge in [-0.25, -0.2) is 13.1 Å². The first kappa shape index (κ1) is 17.7. The van der Waals surface area contributed by atoms with Crippen molar-refractivity contribution in [3.8, 4) is 0 Å². The number of hydrogen-bond donors (Lipinski definition) is 1. The molecule has 1 saturated heterocycles. The van der Waals surface area contributed by atoms with Crippen molar-refractivity contribution in [1.82, 2.24) is 9.62 Å². The summed E-state index contributed by atoms with van der Waals surface area (Å²) in [5.74, 6) is 0.156. The molecule has 0 amide bonds. The van der Waals surface area contributed by atoms with Gasteiger partial charge in [0.2, 0.25) is 10.0 Å². The Morgan fingerprint density at radius 1 is 1.27 bits per heavy atom. The molecule has 0 radical (unpaired) electrons. The van der Waals surface area contributed by atoms with Crippen LogP contribution in [0.3, 0.4) is 0 Å². The van der Waals surface area contributed by atoms with Gasteiger partial charge in [0.15, 0.2) is 0 Å². The summed E-state index contributed by atoms with van der Waals surface area (Å²) in [6.07, 6.45) is 0.610. The molecule has 124 valence electrons. The van der Waals surface area contributed by atoms with Crippen molar-refractivity contribution in [1.29, 1.82) is 0 Å². The average molecular weight is 347 g/mol. The number of halogens is 1. The number of morpholine rings is 1. The smallest absolute Gasteiger partial charge is 0.211 e. The van der Waals surface area contributed by atoms with Gasteiger partial charge < -0.3 is 4.74 Å². The molecule has 1 N–H and O–H groups in total. The predicted molar refractivity (Wildman–Crippen MR) is 88.7 cm³/mol. The van der Waals surface area contributed by atoms with E-state index in [1.54, 1.807) is 0 Å². The molecule has 1 atom stereocenters. The van der Waals surface area contributed by atoms with Crippen molar-refractivity contribution in [2.75, 3.05) is 38.6 Å². The summed E-state index contributed by atoms with van der Waals surface area (Å²) in [6.45, 7) is 5.16. The van der Waals surface area contributed by atoms with Crippen molar-refractivity contribution in [3.63, 3.8) is 0 Å². The normalized spacial score (nSPS) is 18.3. The molecule has 1 aliphatic heterocycles. The van der Waals surface area contributed by atoms with Crippen LogP contribution in [0, 0.1) is 0 Å². The number of benzene rings is 1. The number of nitrogens with zero attached hydrogens (tertiary/aromatic N) is 1. The molecule has 0 aromatic heterocycles. The Bertz CT molecular complexity index is 557. The zero-order chi connectivity index (χ0) is 16.0. The van der Waals surface area contributed by atoms with Crippen LogP contribution in [0.2, 0.25) is 5.02 Å². The summed E-state index contributed by atoms with van der Waals surface area (Å²) in [5, 5.41) is 0.677. The van der Waals surface area contributed by atoms with E-state index in [9.17, 15) is 8.42 Å². The molecule has 22 heavy (non-hydrogen) atoms. The molecule has 0 saturated carbocycles. The van der Waals surface area contributed by atoms with E-state index in [2.05, 4.69) is 9.62 Å². The number of nitrogens with one attached hydrogen (secondary N) is 1. The standard InChI is InChI=1S/C15H23ClN2O3S/c1-2-11-22(19,20)17-12-15(18-7-9-21-10-8-18)13-3-5-14(16)6-4-13/h3-6,15,17H,2,7-12H2,1H3/t15-/m0/s1. The highest BCUT2D eigenvalue weighted by Crippen LogP contribution is 2.23. The van der Waals surface area contributed by atoms with Gasteiger partial charge in [0.05, 0.1) is 19.0 Å². The average Bonchev–Trinajstić information content (AvgIpc) is 2.50. The second-order valence-corrected chi connectivity index (χ2v) is 7.75. The number of rotatable bonds is 7. The first-order valence-corrected chi connectivity index (χ1v) is 9.59. The van der Waals surface area contributed by atoms with Gasteiger partial charge in [-0.1, -0.05) is 30.7 Å². The fraction of sp³-hybridized carbons (Fsp3) is 0.600. The zero-order valence-electron chi connectivity index (χ0n) is 12.8. The van der Waals surface area contributed by atoms with E-state index in [1.807, 2.05) is 31.2 Å². The molecule has 1 heterocycles. The SMILES string of the molecule is CCCS(=O)(=O)NC[C@@H](c1ccc(Cl)cc1)N1CCOCC1. The number of sulfonamides is 1. The molecule has 5 nitrogen and oxygen atoms in total. The van der Waals surface area contributed by atoms with Gasteiger partial charge in [-0.05, 0) is 24.1 Å². The highest BCUT2D eigenvalue weighted by atomic mass is 35.5. The molecule has 0 bridgehead atoms. The van der Waals surface area contributed by atoms with Gasteiger partial charge in [-0.2, -0.15) is 0 Å². The van der Waals surface area contributed by atoms with Gasteiger partial charge in [0, 0.05) is 30.7 Å². The van der Waals surface area contributed by atoms with E-state index in [4.69, 9.17) is 16.3 Å². The lowest BCUT2D eigenvalue weighted by Crippen LogP contribution is -2.44. The quantitative estimate of drug-likeness (QED) is 0.820. The lowest BCUT2D eigenvalue weighted by Gasteiger charge is -2.35. The van der Waals surface area contributed by atoms with Gasteiger partial charge >= 0.3 is 0 Å². The fourth-order valence-corrected chi connectivity index (χ4v) is 3.80. The molecular weight excluding hydrogens is 324 g/mol. The molecule has 1 aliphatic rings. The van der Waals surface area contributed by atoms with Crippen LogP contribution in [0.1, 0.15) is 24.9 Å². The minimum Gasteiger partial charge on any atom is -0.379 e. The van der Waals surface area contributed by atoms with Crippen LogP contribution in [-0.2, 0) is 14.8 Å². The monoisotopic (exact) mass is 346 g/mol. The Morgan fingerprint density at radius 2 is 1.91 bits per heavy atom. The second-order valence-electron chi connectivity index (χ2n) is 5.38. The summed E-state index contributed by atoms with van der Waals surface area (Å²) in [4.78, 5) is 2.25. The predicted octanol–water partition coefficient (Wildman–Crippen LogP) is 2.04. The number of ether oxygens (including phenoxy) is 1. The molecule has 0 unspecified atom stereocenters. The topological polar surface area (TPSA) is 58.6 Å². The fourth-order valence-electron chi connectivity index (χ4n) is 2.58. The van der Waals surface area contributed by atoms with Crippen LogP contribution in [-0.4, -0.2) is 51.9 Å². The van der Waals surface area contributed by atoms with Crippen molar-refractivity contribution >= 4 is 21.6 Å². The minimum absolute atomic E-state index is 0.00667. The van der Waals surface area contributed by atoms with Crippen LogP contribution in [0.5, 0.6) is 0 Å². The van der Waals surface area contributed by atoms with Crippen LogP contribution in [0.25, 0.3) is 0 Å². The maximum Gasteiger partial charge on any atom is 0.211 e. The minimum atomic E-state index is -3.22. The lowest BCUT2D eigenvalue weighted by atomic mass is 10.1. The van der Waals surface area contributed by atoms with Gasteiger partial charge in [-0.15, -0.1) is 0 Å². The van der Waals surface area contributed by atoms with Crippen LogP contribution in [0.15, 0.2) is 24.3 Å². The largest absolute Gasteiger partial charge is 0.379 e. The highest BCUT2D eigenvalue weighted by Gasteiger charge is 2.24. The highest BCUT2D eigenvalue weighted by molar-refractivity contribution is 7.89. The van der Waals surface area contributed by atoms with Crippen molar-refractivity contribution in [2.24, 2.45) is 0 Å². The van der Waals surface area contributed by atoms with Crippen molar-refractivity contribution < 1.29 is 13.2 Å². The maximum atomic E-state index is 11.9. The second kappa shape index (κ2) is 8.26. The Hall–Kier alpha value is -0.660. The van der Waals surface area contributed by atoms with Crippen LogP contribution < -0.4 is 4.72 Å². The van der Waals surface area contributed by atoms with E-state index in [0.717, 1.165) is 18.7 Å². The Labute approximate surface area is 137 Å². The molecule has 0 aliphatic carbocycles. The van der Waals surface area contributed by atoms with Crippen molar-refractivity contribution in [3.05, 3.63) is 34.9 Å². The Kier molecular flexibility index (Phi) is 6.65. The molecule has 0 spiro atoms. The third kappa shape index (κ3) is 5.21. The molecule has 1 aromatic rings. The molecular formula is C15H23ClN2O3S. The summed E-state index contributed by atoms with van der Waals surface area (Å²) < 4.78 is 32.0. The molecule has 1 fully saturated rings. The summed E-state index contributed by atoms with van der Waals surface area (Å²) in [6, 6.07) is 7.58. The molecule has 2 rings (SSSR count). The van der Waals surface area contributed by atoms with Crippen LogP contribution >= 0.6 is 11.6 Å². The molecule has 7 heteroatoms. The first-order valence-electron chi connectivity index (χ1n) is 7.56. The Balaban J connectivity index is 2.12. The van der Waals surface area contributed by atoms with E-state index in [-0.39, 0.29) is 11.8 Å². The zero-order valence-corrected chi connectivity index (χ0v) is 14.4. The Morgan fingerprint density at radius 3 is 2.50 bits per heavy atom. The van der Waals surface area contributed by atoms with Crippen molar-refractivity contribution in [2.45, 2.75) is 19.4 Å². The van der Waals surface area contributed by atoms with E-state index >= 15 is 0 Å².